The molecule has 0 bridgehead atoms. The lowest BCUT2D eigenvalue weighted by Gasteiger charge is -2.02. The Kier molecular flexibility index (Phi) is 2.64. The second-order valence-corrected chi connectivity index (χ2v) is 3.28. The highest BCUT2D eigenvalue weighted by Gasteiger charge is 2.12. The minimum atomic E-state index is -0.384. The molecule has 0 amide bonds. The van der Waals surface area contributed by atoms with Crippen LogP contribution in [0.25, 0.3) is 0 Å². The summed E-state index contributed by atoms with van der Waals surface area (Å²) in [6, 6.07) is 8.52. The number of benzene rings is 1. The van der Waals surface area contributed by atoms with Gasteiger partial charge in [0.2, 0.25) is 5.78 Å². The van der Waals surface area contributed by atoms with Gasteiger partial charge in [-0.2, -0.15) is 0 Å². The minimum Gasteiger partial charge on any atom is -0.397 e. The highest BCUT2D eigenvalue weighted by molar-refractivity contribution is 6.10. The van der Waals surface area contributed by atoms with Crippen LogP contribution >= 0.6 is 0 Å². The molecule has 0 aliphatic rings. The molecular weight excluding hydrogens is 207 g/mol. The summed E-state index contributed by atoms with van der Waals surface area (Å²) in [7, 11) is 0. The molecule has 0 spiro atoms. The number of pyridine rings is 1. The molecule has 0 aliphatic carbocycles. The topological polar surface area (TPSA) is 56.0 Å². The van der Waals surface area contributed by atoms with Gasteiger partial charge in [0.25, 0.3) is 0 Å². The molecular formula is C12H9FN2O. The number of nitrogen functional groups attached to an aromatic ring is 1. The van der Waals surface area contributed by atoms with E-state index in [0.29, 0.717) is 11.3 Å². The number of carbonyl (C=O) groups excluding carboxylic acids is 1. The van der Waals surface area contributed by atoms with Crippen LogP contribution in [0.2, 0.25) is 0 Å². The third-order valence-electron chi connectivity index (χ3n) is 2.16. The summed E-state index contributed by atoms with van der Waals surface area (Å²) < 4.78 is 12.7. The first-order valence-electron chi connectivity index (χ1n) is 4.69. The van der Waals surface area contributed by atoms with Crippen molar-refractivity contribution >= 4 is 11.5 Å². The van der Waals surface area contributed by atoms with Crippen LogP contribution in [0, 0.1) is 5.82 Å². The molecule has 0 saturated carbocycles. The lowest BCUT2D eigenvalue weighted by molar-refractivity contribution is 0.103. The Balaban J connectivity index is 2.40. The largest absolute Gasteiger partial charge is 0.397 e. The highest BCUT2D eigenvalue weighted by Crippen LogP contribution is 2.13. The maximum atomic E-state index is 12.7. The zero-order chi connectivity index (χ0) is 11.5. The molecule has 0 unspecified atom stereocenters. The molecule has 1 heterocycles. The zero-order valence-corrected chi connectivity index (χ0v) is 8.35. The molecule has 3 nitrogen and oxygen atoms in total. The second-order valence-electron chi connectivity index (χ2n) is 3.28. The molecule has 0 radical (unpaired) electrons. The molecule has 2 aromatic rings. The van der Waals surface area contributed by atoms with Crippen molar-refractivity contribution in [3.05, 3.63) is 59.7 Å². The first-order valence-corrected chi connectivity index (χ1v) is 4.69. The van der Waals surface area contributed by atoms with Crippen LogP contribution in [0.1, 0.15) is 16.1 Å². The van der Waals surface area contributed by atoms with E-state index in [2.05, 4.69) is 4.98 Å². The van der Waals surface area contributed by atoms with Crippen molar-refractivity contribution < 1.29 is 9.18 Å². The van der Waals surface area contributed by atoms with Gasteiger partial charge in [0, 0.05) is 11.8 Å². The fourth-order valence-electron chi connectivity index (χ4n) is 1.35. The van der Waals surface area contributed by atoms with Gasteiger partial charge in [-0.25, -0.2) is 4.39 Å². The Morgan fingerprint density at radius 2 is 1.88 bits per heavy atom. The van der Waals surface area contributed by atoms with Crippen LogP contribution in [-0.4, -0.2) is 10.8 Å². The summed E-state index contributed by atoms with van der Waals surface area (Å²) in [5.74, 6) is -0.691. The maximum absolute atomic E-state index is 12.7. The molecule has 0 saturated heterocycles. The lowest BCUT2D eigenvalue weighted by Crippen LogP contribution is -2.07. The van der Waals surface area contributed by atoms with Crippen LogP contribution in [-0.2, 0) is 0 Å². The molecule has 4 heteroatoms. The summed E-state index contributed by atoms with van der Waals surface area (Å²) in [6.07, 6.45) is 1.49. The fourth-order valence-corrected chi connectivity index (χ4v) is 1.35. The number of hydrogen-bond donors (Lipinski definition) is 1. The standard InChI is InChI=1S/C12H9FN2O/c13-9-5-3-8(4-6-9)12(16)11-10(14)2-1-7-15-11/h1-7H,14H2. The number of hydrogen-bond acceptors (Lipinski definition) is 3. The first kappa shape index (κ1) is 10.3. The Hall–Kier alpha value is -2.23. The average molecular weight is 216 g/mol. The van der Waals surface area contributed by atoms with Gasteiger partial charge in [-0.1, -0.05) is 0 Å². The first-order chi connectivity index (χ1) is 7.68. The molecule has 80 valence electrons. The van der Waals surface area contributed by atoms with E-state index < -0.39 is 0 Å². The van der Waals surface area contributed by atoms with E-state index in [0.717, 1.165) is 0 Å². The molecule has 0 fully saturated rings. The van der Waals surface area contributed by atoms with Crippen molar-refractivity contribution in [1.82, 2.24) is 4.98 Å². The van der Waals surface area contributed by atoms with Crippen LogP contribution < -0.4 is 5.73 Å². The quantitative estimate of drug-likeness (QED) is 0.781. The monoisotopic (exact) mass is 216 g/mol. The molecule has 2 N–H and O–H groups in total. The van der Waals surface area contributed by atoms with E-state index >= 15 is 0 Å². The van der Waals surface area contributed by atoms with Crippen LogP contribution in [0.5, 0.6) is 0 Å². The summed E-state index contributed by atoms with van der Waals surface area (Å²) in [5.41, 5.74) is 6.50. The molecule has 1 aromatic carbocycles. The molecule has 0 aliphatic heterocycles. The third-order valence-corrected chi connectivity index (χ3v) is 2.16. The lowest BCUT2D eigenvalue weighted by atomic mass is 10.1. The number of carbonyl (C=O) groups is 1. The Labute approximate surface area is 91.7 Å². The highest BCUT2D eigenvalue weighted by atomic mass is 19.1. The second kappa shape index (κ2) is 4.10. The Bertz CT molecular complexity index is 523. The summed E-state index contributed by atoms with van der Waals surface area (Å²) >= 11 is 0. The van der Waals surface area contributed by atoms with Gasteiger partial charge in [-0.05, 0) is 36.4 Å². The SMILES string of the molecule is Nc1cccnc1C(=O)c1ccc(F)cc1. The molecule has 0 atom stereocenters. The minimum absolute atomic E-state index is 0.189. The zero-order valence-electron chi connectivity index (χ0n) is 8.35. The van der Waals surface area contributed by atoms with Gasteiger partial charge in [0.15, 0.2) is 0 Å². The van der Waals surface area contributed by atoms with Crippen molar-refractivity contribution in [1.29, 1.82) is 0 Å². The Morgan fingerprint density at radius 3 is 2.50 bits per heavy atom. The van der Waals surface area contributed by atoms with Crippen LogP contribution in [0.15, 0.2) is 42.6 Å². The number of nitrogens with zero attached hydrogens (tertiary/aromatic N) is 1. The number of halogens is 1. The van der Waals surface area contributed by atoms with Crippen molar-refractivity contribution in [2.75, 3.05) is 5.73 Å². The van der Waals surface area contributed by atoms with Gasteiger partial charge in [-0.15, -0.1) is 0 Å². The van der Waals surface area contributed by atoms with E-state index in [1.54, 1.807) is 12.1 Å². The number of ketones is 1. The van der Waals surface area contributed by atoms with Gasteiger partial charge in [-0.3, -0.25) is 9.78 Å². The molecule has 2 rings (SSSR count). The number of rotatable bonds is 2. The van der Waals surface area contributed by atoms with Crippen molar-refractivity contribution in [3.63, 3.8) is 0 Å². The van der Waals surface area contributed by atoms with Crippen molar-refractivity contribution in [2.24, 2.45) is 0 Å². The van der Waals surface area contributed by atoms with Gasteiger partial charge in [0.1, 0.15) is 11.5 Å². The molecule has 1 aromatic heterocycles. The molecule has 16 heavy (non-hydrogen) atoms. The smallest absolute Gasteiger partial charge is 0.213 e. The van der Waals surface area contributed by atoms with E-state index in [1.807, 2.05) is 0 Å². The summed E-state index contributed by atoms with van der Waals surface area (Å²) in [6.45, 7) is 0. The van der Waals surface area contributed by atoms with Crippen molar-refractivity contribution in [3.8, 4) is 0 Å². The number of anilines is 1. The number of nitrogens with two attached hydrogens (primary N) is 1. The average Bonchev–Trinajstić information content (AvgIpc) is 2.30. The van der Waals surface area contributed by atoms with Gasteiger partial charge >= 0.3 is 0 Å². The Morgan fingerprint density at radius 1 is 1.19 bits per heavy atom. The summed E-state index contributed by atoms with van der Waals surface area (Å²) in [4.78, 5) is 15.8. The fraction of sp³-hybridized carbons (Fsp3) is 0. The third kappa shape index (κ3) is 1.91. The van der Waals surface area contributed by atoms with E-state index in [-0.39, 0.29) is 17.3 Å². The van der Waals surface area contributed by atoms with Crippen LogP contribution in [0.3, 0.4) is 0 Å². The van der Waals surface area contributed by atoms with E-state index in [1.165, 1.54) is 30.5 Å². The predicted molar refractivity (Wildman–Crippen MR) is 58.5 cm³/mol. The summed E-state index contributed by atoms with van der Waals surface area (Å²) in [5, 5.41) is 0. The van der Waals surface area contributed by atoms with Gasteiger partial charge < -0.3 is 5.73 Å². The van der Waals surface area contributed by atoms with E-state index in [4.69, 9.17) is 5.73 Å². The number of aromatic nitrogens is 1. The van der Waals surface area contributed by atoms with Gasteiger partial charge in [0.05, 0.1) is 5.69 Å². The van der Waals surface area contributed by atoms with E-state index in [9.17, 15) is 9.18 Å². The van der Waals surface area contributed by atoms with Crippen LogP contribution in [0.4, 0.5) is 10.1 Å². The maximum Gasteiger partial charge on any atom is 0.213 e. The predicted octanol–water partition coefficient (Wildman–Crippen LogP) is 2.03. The normalized spacial score (nSPS) is 10.1. The van der Waals surface area contributed by atoms with Crippen molar-refractivity contribution in [2.45, 2.75) is 0 Å².